The van der Waals surface area contributed by atoms with Crippen molar-refractivity contribution in [1.29, 1.82) is 0 Å². The van der Waals surface area contributed by atoms with Crippen LogP contribution in [0.5, 0.6) is 0 Å². The molecule has 0 saturated heterocycles. The summed E-state index contributed by atoms with van der Waals surface area (Å²) in [5.74, 6) is 0.145. The number of rotatable bonds is 6. The SMILES string of the molecule is O=C(CCC1=NS(=O)(=O)c2ccccc2N1)NCCc1c[nH]c2ccccc12. The molecule has 2 heterocycles. The summed E-state index contributed by atoms with van der Waals surface area (Å²) in [6.45, 7) is 0.516. The summed E-state index contributed by atoms with van der Waals surface area (Å²) < 4.78 is 28.2. The number of para-hydroxylation sites is 2. The standard InChI is InChI=1S/C20H20N4O3S/c25-20(21-12-11-14-13-22-16-6-2-1-5-15(14)16)10-9-19-23-17-7-3-4-8-18(17)28(26,27)24-19/h1-8,13,22H,9-12H2,(H,21,25)(H,23,24). The number of nitrogens with one attached hydrogen (secondary N) is 3. The molecule has 3 aromatic rings. The fraction of sp³-hybridized carbons (Fsp3) is 0.200. The number of H-pyrrole nitrogens is 1. The highest BCUT2D eigenvalue weighted by molar-refractivity contribution is 7.90. The molecule has 1 amide bonds. The molecular weight excluding hydrogens is 376 g/mol. The number of hydrogen-bond acceptors (Lipinski definition) is 4. The van der Waals surface area contributed by atoms with Crippen molar-refractivity contribution in [2.45, 2.75) is 24.2 Å². The predicted octanol–water partition coefficient (Wildman–Crippen LogP) is 2.82. The third kappa shape index (κ3) is 3.77. The summed E-state index contributed by atoms with van der Waals surface area (Å²) in [7, 11) is -3.72. The number of aromatic nitrogens is 1. The van der Waals surface area contributed by atoms with Crippen molar-refractivity contribution in [3.8, 4) is 0 Å². The van der Waals surface area contributed by atoms with Crippen molar-refractivity contribution in [2.24, 2.45) is 4.40 Å². The molecule has 144 valence electrons. The van der Waals surface area contributed by atoms with Gasteiger partial charge in [0, 0.05) is 36.5 Å². The van der Waals surface area contributed by atoms with Gasteiger partial charge >= 0.3 is 0 Å². The summed E-state index contributed by atoms with van der Waals surface area (Å²) in [6.07, 6.45) is 3.07. The second kappa shape index (κ2) is 7.47. The summed E-state index contributed by atoms with van der Waals surface area (Å²) >= 11 is 0. The second-order valence-corrected chi connectivity index (χ2v) is 8.17. The first-order valence-electron chi connectivity index (χ1n) is 9.04. The highest BCUT2D eigenvalue weighted by Crippen LogP contribution is 2.27. The molecule has 1 aromatic heterocycles. The van der Waals surface area contributed by atoms with E-state index in [0.717, 1.165) is 22.9 Å². The lowest BCUT2D eigenvalue weighted by atomic mass is 10.1. The zero-order valence-electron chi connectivity index (χ0n) is 15.1. The third-order valence-electron chi connectivity index (χ3n) is 4.65. The number of nitrogens with zero attached hydrogens (tertiary/aromatic N) is 1. The van der Waals surface area contributed by atoms with Gasteiger partial charge in [-0.25, -0.2) is 0 Å². The van der Waals surface area contributed by atoms with E-state index in [-0.39, 0.29) is 29.5 Å². The number of fused-ring (bicyclic) bond motifs is 2. The summed E-state index contributed by atoms with van der Waals surface area (Å²) in [6, 6.07) is 14.6. The lowest BCUT2D eigenvalue weighted by Crippen LogP contribution is -2.28. The van der Waals surface area contributed by atoms with E-state index in [1.807, 2.05) is 30.5 Å². The fourth-order valence-corrected chi connectivity index (χ4v) is 4.44. The van der Waals surface area contributed by atoms with Crippen LogP contribution >= 0.6 is 0 Å². The van der Waals surface area contributed by atoms with Crippen LogP contribution in [0.4, 0.5) is 5.69 Å². The van der Waals surface area contributed by atoms with Crippen molar-refractivity contribution in [2.75, 3.05) is 11.9 Å². The van der Waals surface area contributed by atoms with Crippen LogP contribution in [-0.4, -0.2) is 31.7 Å². The monoisotopic (exact) mass is 396 g/mol. The molecule has 0 fully saturated rings. The summed E-state index contributed by atoms with van der Waals surface area (Å²) in [5.41, 5.74) is 2.72. The lowest BCUT2D eigenvalue weighted by Gasteiger charge is -2.17. The van der Waals surface area contributed by atoms with E-state index in [4.69, 9.17) is 0 Å². The van der Waals surface area contributed by atoms with Gasteiger partial charge in [-0.3, -0.25) is 4.79 Å². The van der Waals surface area contributed by atoms with Gasteiger partial charge in [-0.2, -0.15) is 8.42 Å². The minimum absolute atomic E-state index is 0.138. The Morgan fingerprint density at radius 3 is 2.71 bits per heavy atom. The minimum atomic E-state index is -3.72. The number of sulfonamides is 1. The topological polar surface area (TPSA) is 103 Å². The summed E-state index contributed by atoms with van der Waals surface area (Å²) in [5, 5.41) is 7.03. The molecule has 1 aliphatic rings. The molecule has 3 N–H and O–H groups in total. The van der Waals surface area contributed by atoms with E-state index in [1.54, 1.807) is 18.2 Å². The number of benzene rings is 2. The van der Waals surface area contributed by atoms with E-state index in [1.165, 1.54) is 6.07 Å². The molecule has 0 spiro atoms. The molecule has 0 bridgehead atoms. The van der Waals surface area contributed by atoms with Gasteiger partial charge in [0.05, 0.1) is 5.69 Å². The molecule has 1 aliphatic heterocycles. The number of hydrogen-bond donors (Lipinski definition) is 3. The van der Waals surface area contributed by atoms with Crippen molar-refractivity contribution < 1.29 is 13.2 Å². The van der Waals surface area contributed by atoms with Gasteiger partial charge in [0.2, 0.25) is 5.91 Å². The Balaban J connectivity index is 1.30. The minimum Gasteiger partial charge on any atom is -0.361 e. The molecule has 0 aliphatic carbocycles. The van der Waals surface area contributed by atoms with Crippen LogP contribution in [0, 0.1) is 0 Å². The molecule has 28 heavy (non-hydrogen) atoms. The largest absolute Gasteiger partial charge is 0.361 e. The molecule has 0 atom stereocenters. The zero-order chi connectivity index (χ0) is 19.6. The highest BCUT2D eigenvalue weighted by atomic mass is 32.2. The number of aromatic amines is 1. The predicted molar refractivity (Wildman–Crippen MR) is 109 cm³/mol. The fourth-order valence-electron chi connectivity index (χ4n) is 3.27. The number of anilines is 1. The normalized spacial score (nSPS) is 14.8. The average Bonchev–Trinajstić information content (AvgIpc) is 3.09. The van der Waals surface area contributed by atoms with Gasteiger partial charge in [0.25, 0.3) is 10.0 Å². The van der Waals surface area contributed by atoms with E-state index in [9.17, 15) is 13.2 Å². The first kappa shape index (κ1) is 18.2. The molecular formula is C20H20N4O3S. The Morgan fingerprint density at radius 2 is 1.82 bits per heavy atom. The van der Waals surface area contributed by atoms with Crippen LogP contribution in [0.15, 0.2) is 64.0 Å². The average molecular weight is 396 g/mol. The van der Waals surface area contributed by atoms with Crippen LogP contribution in [0.25, 0.3) is 10.9 Å². The van der Waals surface area contributed by atoms with Crippen LogP contribution in [0.1, 0.15) is 18.4 Å². The van der Waals surface area contributed by atoms with Gasteiger partial charge < -0.3 is 15.6 Å². The molecule has 2 aromatic carbocycles. The summed E-state index contributed by atoms with van der Waals surface area (Å²) in [4.78, 5) is 15.5. The first-order chi connectivity index (χ1) is 13.5. The quantitative estimate of drug-likeness (QED) is 0.596. The smallest absolute Gasteiger partial charge is 0.286 e. The van der Waals surface area contributed by atoms with Crippen LogP contribution in [-0.2, 0) is 21.2 Å². The van der Waals surface area contributed by atoms with Crippen molar-refractivity contribution in [1.82, 2.24) is 10.3 Å². The van der Waals surface area contributed by atoms with Crippen molar-refractivity contribution in [3.63, 3.8) is 0 Å². The van der Waals surface area contributed by atoms with Gasteiger partial charge in [0.15, 0.2) is 0 Å². The molecule has 7 nitrogen and oxygen atoms in total. The Morgan fingerprint density at radius 1 is 1.04 bits per heavy atom. The number of amides is 1. The zero-order valence-corrected chi connectivity index (χ0v) is 15.9. The second-order valence-electron chi connectivity index (χ2n) is 6.59. The first-order valence-corrected chi connectivity index (χ1v) is 10.5. The Kier molecular flexibility index (Phi) is 4.87. The molecule has 8 heteroatoms. The molecule has 0 saturated carbocycles. The lowest BCUT2D eigenvalue weighted by molar-refractivity contribution is -0.120. The molecule has 4 rings (SSSR count). The number of amidine groups is 1. The van der Waals surface area contributed by atoms with Gasteiger partial charge in [-0.15, -0.1) is 4.40 Å². The maximum atomic E-state index is 12.2. The molecule has 0 unspecified atom stereocenters. The van der Waals surface area contributed by atoms with E-state index in [2.05, 4.69) is 20.0 Å². The van der Waals surface area contributed by atoms with E-state index in [0.29, 0.717) is 12.2 Å². The van der Waals surface area contributed by atoms with E-state index >= 15 is 0 Å². The van der Waals surface area contributed by atoms with Crippen LogP contribution < -0.4 is 10.6 Å². The van der Waals surface area contributed by atoms with Gasteiger partial charge in [0.1, 0.15) is 10.7 Å². The van der Waals surface area contributed by atoms with Gasteiger partial charge in [-0.05, 0) is 30.2 Å². The maximum absolute atomic E-state index is 12.2. The van der Waals surface area contributed by atoms with Crippen molar-refractivity contribution in [3.05, 3.63) is 60.3 Å². The number of carbonyl (C=O) groups excluding carboxylic acids is 1. The third-order valence-corrected chi connectivity index (χ3v) is 6.03. The number of carbonyl (C=O) groups is 1. The molecule has 0 radical (unpaired) electrons. The highest BCUT2D eigenvalue weighted by Gasteiger charge is 2.24. The maximum Gasteiger partial charge on any atom is 0.286 e. The Labute approximate surface area is 162 Å². The van der Waals surface area contributed by atoms with Gasteiger partial charge in [-0.1, -0.05) is 30.3 Å². The Bertz CT molecular complexity index is 1160. The van der Waals surface area contributed by atoms with Crippen LogP contribution in [0.2, 0.25) is 0 Å². The Hall–Kier alpha value is -3.13. The van der Waals surface area contributed by atoms with E-state index < -0.39 is 10.0 Å². The van der Waals surface area contributed by atoms with Crippen molar-refractivity contribution >= 4 is 38.4 Å². The van der Waals surface area contributed by atoms with Crippen LogP contribution in [0.3, 0.4) is 0 Å².